The number of aryl methyl sites for hydroxylation is 2. The fourth-order valence-electron chi connectivity index (χ4n) is 7.05. The van der Waals surface area contributed by atoms with Crippen molar-refractivity contribution in [1.82, 2.24) is 4.31 Å². The molecule has 0 amide bonds. The first-order chi connectivity index (χ1) is 23.9. The molecule has 0 saturated carbocycles. The molecule has 1 aliphatic rings. The van der Waals surface area contributed by atoms with Gasteiger partial charge in [-0.3, -0.25) is 0 Å². The van der Waals surface area contributed by atoms with Gasteiger partial charge in [-0.2, -0.15) is 0 Å². The van der Waals surface area contributed by atoms with Crippen molar-refractivity contribution in [1.29, 1.82) is 0 Å². The van der Waals surface area contributed by atoms with Gasteiger partial charge < -0.3 is 0 Å². The maximum absolute atomic E-state index is 14.9. The summed E-state index contributed by atoms with van der Waals surface area (Å²) in [6.07, 6.45) is 0.374. The predicted octanol–water partition coefficient (Wildman–Crippen LogP) is 7.03. The Morgan fingerprint density at radius 1 is 0.700 bits per heavy atom. The number of esters is 1. The summed E-state index contributed by atoms with van der Waals surface area (Å²) in [6.45, 7) is 9.66. The SMILES string of the molecule is Cc1ccc([C@H]2[C@@H](C(=O)OC(C)(C)C)C/C(=[CH]\[Sn]([c]3ccccc3)([c]3ccccc3)[c]3ccccc3)CN2S(=O)(=O)c2ccc(C)cc2)cc1. The predicted molar refractivity (Wildman–Crippen MR) is 205 cm³/mol. The van der Waals surface area contributed by atoms with Gasteiger partial charge in [0.1, 0.15) is 0 Å². The summed E-state index contributed by atoms with van der Waals surface area (Å²) in [5, 5.41) is 0. The van der Waals surface area contributed by atoms with Gasteiger partial charge in [0.15, 0.2) is 0 Å². The van der Waals surface area contributed by atoms with Gasteiger partial charge in [-0.25, -0.2) is 0 Å². The molecule has 50 heavy (non-hydrogen) atoms. The molecule has 2 atom stereocenters. The third kappa shape index (κ3) is 7.53. The number of nitrogens with zero attached hydrogens (tertiary/aromatic N) is 1. The Labute approximate surface area is 301 Å². The van der Waals surface area contributed by atoms with Crippen molar-refractivity contribution in [3.63, 3.8) is 0 Å². The second-order valence-corrected chi connectivity index (χ2v) is 26.5. The molecule has 1 saturated heterocycles. The molecule has 1 heterocycles. The van der Waals surface area contributed by atoms with Crippen LogP contribution in [0.3, 0.4) is 0 Å². The Hall–Kier alpha value is -3.98. The molecule has 0 aliphatic carbocycles. The van der Waals surface area contributed by atoms with Crippen LogP contribution in [0.4, 0.5) is 0 Å². The van der Waals surface area contributed by atoms with E-state index in [9.17, 15) is 13.2 Å². The molecule has 7 heteroatoms. The molecule has 0 unspecified atom stereocenters. The van der Waals surface area contributed by atoms with Crippen LogP contribution in [0.15, 0.2) is 154 Å². The Bertz CT molecular complexity index is 1960. The van der Waals surface area contributed by atoms with Crippen molar-refractivity contribution in [3.8, 4) is 0 Å². The number of ether oxygens (including phenoxy) is 1. The van der Waals surface area contributed by atoms with Gasteiger partial charge in [0.05, 0.1) is 0 Å². The van der Waals surface area contributed by atoms with Gasteiger partial charge in [-0.05, 0) is 0 Å². The number of rotatable bonds is 8. The summed E-state index contributed by atoms with van der Waals surface area (Å²) < 4.78 is 43.6. The Morgan fingerprint density at radius 3 is 1.58 bits per heavy atom. The zero-order valence-electron chi connectivity index (χ0n) is 29.4. The van der Waals surface area contributed by atoms with E-state index in [0.717, 1.165) is 22.3 Å². The normalized spacial score (nSPS) is 18.1. The quantitative estimate of drug-likeness (QED) is 0.125. The number of hydrogen-bond acceptors (Lipinski definition) is 4. The molecular formula is C43H45NO4SSn. The number of hydrogen-bond donors (Lipinski definition) is 0. The van der Waals surface area contributed by atoms with E-state index < -0.39 is 51.9 Å². The van der Waals surface area contributed by atoms with Crippen molar-refractivity contribution in [2.75, 3.05) is 6.54 Å². The van der Waals surface area contributed by atoms with E-state index in [-0.39, 0.29) is 11.4 Å². The number of carbonyl (C=O) groups is 1. The van der Waals surface area contributed by atoms with E-state index in [0.29, 0.717) is 6.42 Å². The summed E-state index contributed by atoms with van der Waals surface area (Å²) in [5.74, 6) is -1.18. The van der Waals surface area contributed by atoms with Crippen LogP contribution >= 0.6 is 0 Å². The van der Waals surface area contributed by atoms with Gasteiger partial charge in [-0.1, -0.05) is 0 Å². The molecule has 0 aromatic heterocycles. The summed E-state index contributed by atoms with van der Waals surface area (Å²) in [7, 11) is -4.07. The van der Waals surface area contributed by atoms with E-state index in [1.807, 2.05) is 89.2 Å². The third-order valence-electron chi connectivity index (χ3n) is 9.40. The number of piperidine rings is 1. The van der Waals surface area contributed by atoms with Gasteiger partial charge in [0.25, 0.3) is 0 Å². The first-order valence-corrected chi connectivity index (χ1v) is 24.5. The first-order valence-electron chi connectivity index (χ1n) is 17.1. The summed E-state index contributed by atoms with van der Waals surface area (Å²) in [6, 6.07) is 45.9. The number of sulfonamides is 1. The second-order valence-electron chi connectivity index (χ2n) is 14.3. The molecule has 0 bridgehead atoms. The van der Waals surface area contributed by atoms with Crippen LogP contribution in [0.1, 0.15) is 49.9 Å². The van der Waals surface area contributed by atoms with Crippen molar-refractivity contribution in [3.05, 3.63) is 166 Å². The van der Waals surface area contributed by atoms with Crippen LogP contribution in [0.5, 0.6) is 0 Å². The van der Waals surface area contributed by atoms with Crippen molar-refractivity contribution in [2.24, 2.45) is 5.92 Å². The minimum absolute atomic E-state index is 0.152. The monoisotopic (exact) mass is 791 g/mol. The zero-order chi connectivity index (χ0) is 35.5. The average Bonchev–Trinajstić information content (AvgIpc) is 3.11. The van der Waals surface area contributed by atoms with E-state index in [1.165, 1.54) is 10.7 Å². The maximum atomic E-state index is 14.9. The number of benzene rings is 5. The van der Waals surface area contributed by atoms with Crippen LogP contribution < -0.4 is 10.7 Å². The topological polar surface area (TPSA) is 63.7 Å². The van der Waals surface area contributed by atoms with E-state index in [4.69, 9.17) is 4.74 Å². The Balaban J connectivity index is 1.63. The van der Waals surface area contributed by atoms with Crippen LogP contribution in [0.2, 0.25) is 0 Å². The molecule has 0 spiro atoms. The van der Waals surface area contributed by atoms with Crippen LogP contribution in [-0.2, 0) is 19.6 Å². The fraction of sp³-hybridized carbons (Fsp3) is 0.233. The van der Waals surface area contributed by atoms with Crippen LogP contribution in [0, 0.1) is 19.8 Å². The molecular weight excluding hydrogens is 745 g/mol. The van der Waals surface area contributed by atoms with E-state index >= 15 is 0 Å². The Kier molecular flexibility index (Phi) is 10.5. The molecule has 0 radical (unpaired) electrons. The van der Waals surface area contributed by atoms with E-state index in [2.05, 4.69) is 76.9 Å². The Morgan fingerprint density at radius 2 is 1.14 bits per heavy atom. The zero-order valence-corrected chi connectivity index (χ0v) is 33.1. The van der Waals surface area contributed by atoms with Crippen molar-refractivity contribution >= 4 is 45.1 Å². The van der Waals surface area contributed by atoms with Crippen LogP contribution in [-0.4, -0.2) is 49.2 Å². The molecule has 5 nitrogen and oxygen atoms in total. The molecule has 0 N–H and O–H groups in total. The van der Waals surface area contributed by atoms with Gasteiger partial charge >= 0.3 is 303 Å². The molecule has 5 aromatic rings. The second kappa shape index (κ2) is 14.7. The van der Waals surface area contributed by atoms with Gasteiger partial charge in [0.2, 0.25) is 0 Å². The third-order valence-corrected chi connectivity index (χ3v) is 24.3. The minimum atomic E-state index is -4.07. The van der Waals surface area contributed by atoms with Crippen LogP contribution in [0.25, 0.3) is 0 Å². The molecule has 256 valence electrons. The summed E-state index contributed by atoms with van der Waals surface area (Å²) in [4.78, 5) is 14.6. The molecule has 1 aliphatic heterocycles. The summed E-state index contributed by atoms with van der Waals surface area (Å²) in [5.41, 5.74) is 2.96. The summed E-state index contributed by atoms with van der Waals surface area (Å²) >= 11 is -4.05. The molecule has 6 rings (SSSR count). The average molecular weight is 791 g/mol. The standard InChI is InChI=1S/C25H30NO4S.3C6H5.Sn/c1-17-7-11-20(12-8-17)23-22(24(27)30-25(4,5)6)15-19(3)16-26(23)31(28,29)21-13-9-18(2)10-14-21;3*1-2-4-6-5-3-1;/h3,7-14,22-23H,15-16H2,1-2,4-6H3;3*1-5H;/t22-,23-;;;;/m0..../s1. The van der Waals surface area contributed by atoms with Crippen molar-refractivity contribution < 1.29 is 17.9 Å². The van der Waals surface area contributed by atoms with Gasteiger partial charge in [0, 0.05) is 0 Å². The van der Waals surface area contributed by atoms with Gasteiger partial charge in [-0.15, -0.1) is 0 Å². The molecule has 5 aromatic carbocycles. The first kappa shape index (κ1) is 35.8. The van der Waals surface area contributed by atoms with E-state index in [1.54, 1.807) is 16.4 Å². The number of carbonyl (C=O) groups excluding carboxylic acids is 1. The molecule has 1 fully saturated rings. The van der Waals surface area contributed by atoms with Crippen molar-refractivity contribution in [2.45, 2.75) is 57.6 Å². The fourth-order valence-corrected chi connectivity index (χ4v) is 21.5.